The summed E-state index contributed by atoms with van der Waals surface area (Å²) < 4.78 is 2.26. The summed E-state index contributed by atoms with van der Waals surface area (Å²) in [6.07, 6.45) is 3.60. The Morgan fingerprint density at radius 2 is 1.10 bits per heavy atom. The van der Waals surface area contributed by atoms with E-state index in [-0.39, 0.29) is 17.4 Å². The molecule has 1 aromatic heterocycles. The van der Waals surface area contributed by atoms with Crippen molar-refractivity contribution in [3.63, 3.8) is 0 Å². The van der Waals surface area contributed by atoms with Crippen molar-refractivity contribution in [1.82, 2.24) is 4.57 Å². The van der Waals surface area contributed by atoms with Gasteiger partial charge in [-0.25, -0.2) is 10.0 Å². The quantitative estimate of drug-likeness (QED) is 0.199. The number of benzene rings is 5. The van der Waals surface area contributed by atoms with Gasteiger partial charge in [0, 0.05) is 22.7 Å². The van der Waals surface area contributed by atoms with Crippen molar-refractivity contribution < 1.29 is 9.59 Å². The third-order valence-corrected chi connectivity index (χ3v) is 7.38. The van der Waals surface area contributed by atoms with Gasteiger partial charge in [0.25, 0.3) is 11.8 Å². The number of aromatic nitrogens is 1. The second-order valence-corrected chi connectivity index (χ2v) is 9.79. The van der Waals surface area contributed by atoms with Crippen LogP contribution in [0.25, 0.3) is 27.8 Å². The number of nitrogens with zero attached hydrogens (tertiary/aromatic N) is 3. The molecule has 1 saturated heterocycles. The highest BCUT2D eigenvalue weighted by Crippen LogP contribution is 2.32. The number of anilines is 2. The summed E-state index contributed by atoms with van der Waals surface area (Å²) >= 11 is 0. The van der Waals surface area contributed by atoms with E-state index in [1.807, 2.05) is 84.9 Å². The van der Waals surface area contributed by atoms with Crippen LogP contribution in [0.5, 0.6) is 0 Å². The van der Waals surface area contributed by atoms with Gasteiger partial charge in [0.1, 0.15) is 5.57 Å². The molecule has 1 aliphatic heterocycles. The summed E-state index contributed by atoms with van der Waals surface area (Å²) in [4.78, 5) is 27.7. The number of hydrazine groups is 1. The third-order valence-electron chi connectivity index (χ3n) is 7.38. The van der Waals surface area contributed by atoms with Crippen molar-refractivity contribution in [3.8, 4) is 0 Å². The molecule has 6 aromatic rings. The lowest BCUT2D eigenvalue weighted by atomic mass is 10.1. The average molecular weight is 520 g/mol. The zero-order chi connectivity index (χ0) is 27.1. The van der Waals surface area contributed by atoms with Crippen molar-refractivity contribution >= 4 is 50.9 Å². The van der Waals surface area contributed by atoms with Gasteiger partial charge in [-0.05, 0) is 53.4 Å². The molecule has 5 aromatic carbocycles. The molecule has 7 rings (SSSR count). The molecule has 2 amide bonds. The lowest BCUT2D eigenvalue weighted by Crippen LogP contribution is -2.41. The fraction of sp³-hybridized carbons (Fsp3) is 0.0286. The Hall–Kier alpha value is -5.42. The highest BCUT2D eigenvalue weighted by atomic mass is 16.2. The van der Waals surface area contributed by atoms with Gasteiger partial charge in [0.05, 0.1) is 16.9 Å². The van der Waals surface area contributed by atoms with Gasteiger partial charge in [-0.15, -0.1) is 0 Å². The molecule has 5 nitrogen and oxygen atoms in total. The number of para-hydroxylation sites is 2. The first-order valence-electron chi connectivity index (χ1n) is 13.3. The standard InChI is InChI=1S/C35H25N3O2/c39-34-30(35(40)38(28-18-8-3-9-19-28)37(34)27-16-6-2-7-17-27)22-23-31-29-20-10-14-26-15-11-21-32(33(26)29)36(31)24-25-12-4-1-5-13-25/h1-23H,24H2/b31-23+. The van der Waals surface area contributed by atoms with Crippen LogP contribution in [0.1, 0.15) is 5.56 Å². The van der Waals surface area contributed by atoms with Crippen LogP contribution in [-0.2, 0) is 16.1 Å². The van der Waals surface area contributed by atoms with E-state index in [0.717, 1.165) is 21.6 Å². The van der Waals surface area contributed by atoms with Crippen LogP contribution >= 0.6 is 0 Å². The Morgan fingerprint density at radius 3 is 1.70 bits per heavy atom. The first kappa shape index (κ1) is 23.7. The number of rotatable bonds is 5. The number of carbonyl (C=O) groups is 2. The SMILES string of the molecule is O=C1C(=C/C=c2\c3cccc4cccc(c43)n2Cc2ccccc2)C(=O)N(c2ccccc2)N1c1ccccc1. The van der Waals surface area contributed by atoms with Gasteiger partial charge in [-0.3, -0.25) is 9.59 Å². The van der Waals surface area contributed by atoms with E-state index < -0.39 is 0 Å². The number of carbonyl (C=O) groups excluding carboxylic acids is 2. The summed E-state index contributed by atoms with van der Waals surface area (Å²) in [6.45, 7) is 0.664. The molecule has 0 N–H and O–H groups in total. The highest BCUT2D eigenvalue weighted by molar-refractivity contribution is 6.36. The largest absolute Gasteiger partial charge is 0.336 e. The van der Waals surface area contributed by atoms with E-state index in [1.165, 1.54) is 21.0 Å². The van der Waals surface area contributed by atoms with Crippen molar-refractivity contribution in [2.24, 2.45) is 0 Å². The molecule has 0 atom stereocenters. The molecule has 192 valence electrons. The van der Waals surface area contributed by atoms with Crippen molar-refractivity contribution in [3.05, 3.63) is 150 Å². The summed E-state index contributed by atoms with van der Waals surface area (Å²) in [5.41, 5.74) is 3.66. The maximum Gasteiger partial charge on any atom is 0.283 e. The summed E-state index contributed by atoms with van der Waals surface area (Å²) in [6, 6.07) is 41.4. The molecular weight excluding hydrogens is 494 g/mol. The number of hydrogen-bond acceptors (Lipinski definition) is 2. The van der Waals surface area contributed by atoms with E-state index in [4.69, 9.17) is 0 Å². The maximum atomic E-state index is 13.8. The van der Waals surface area contributed by atoms with Crippen LogP contribution in [0.15, 0.2) is 139 Å². The molecule has 0 saturated carbocycles. The first-order valence-corrected chi connectivity index (χ1v) is 13.3. The van der Waals surface area contributed by atoms with E-state index in [9.17, 15) is 9.59 Å². The number of hydrogen-bond donors (Lipinski definition) is 0. The van der Waals surface area contributed by atoms with Crippen LogP contribution in [0.2, 0.25) is 0 Å². The van der Waals surface area contributed by atoms with Crippen molar-refractivity contribution in [2.75, 3.05) is 10.0 Å². The van der Waals surface area contributed by atoms with Gasteiger partial charge >= 0.3 is 0 Å². The monoisotopic (exact) mass is 519 g/mol. The highest BCUT2D eigenvalue weighted by Gasteiger charge is 2.42. The predicted octanol–water partition coefficient (Wildman–Crippen LogP) is 6.26. The lowest BCUT2D eigenvalue weighted by Gasteiger charge is -2.27. The Kier molecular flexibility index (Phi) is 5.75. The Balaban J connectivity index is 1.42. The van der Waals surface area contributed by atoms with E-state index in [1.54, 1.807) is 6.08 Å². The first-order chi connectivity index (χ1) is 19.7. The third kappa shape index (κ3) is 3.87. The predicted molar refractivity (Wildman–Crippen MR) is 161 cm³/mol. The van der Waals surface area contributed by atoms with Gasteiger partial charge in [-0.2, -0.15) is 0 Å². The maximum absolute atomic E-state index is 13.8. The summed E-state index contributed by atoms with van der Waals surface area (Å²) in [5.74, 6) is -0.722. The zero-order valence-electron chi connectivity index (χ0n) is 21.6. The Labute approximate surface area is 231 Å². The fourth-order valence-corrected chi connectivity index (χ4v) is 5.56. The normalized spacial score (nSPS) is 14.2. The van der Waals surface area contributed by atoms with Gasteiger partial charge in [0.2, 0.25) is 0 Å². The van der Waals surface area contributed by atoms with Crippen LogP contribution in [0, 0.1) is 0 Å². The van der Waals surface area contributed by atoms with E-state index >= 15 is 0 Å². The summed E-state index contributed by atoms with van der Waals surface area (Å²) in [5, 5.41) is 7.27. The molecule has 2 heterocycles. The minimum atomic E-state index is -0.361. The molecule has 0 unspecified atom stereocenters. The Morgan fingerprint density at radius 1 is 0.550 bits per heavy atom. The smallest absolute Gasteiger partial charge is 0.283 e. The van der Waals surface area contributed by atoms with E-state index in [0.29, 0.717) is 17.9 Å². The second kappa shape index (κ2) is 9.71. The van der Waals surface area contributed by atoms with Gasteiger partial charge in [-0.1, -0.05) is 97.1 Å². The zero-order valence-corrected chi connectivity index (χ0v) is 21.6. The topological polar surface area (TPSA) is 45.6 Å². The number of amides is 2. The second-order valence-electron chi connectivity index (χ2n) is 9.79. The Bertz CT molecular complexity index is 1890. The van der Waals surface area contributed by atoms with Crippen molar-refractivity contribution in [1.29, 1.82) is 0 Å². The number of allylic oxidation sites excluding steroid dienone is 1. The summed E-state index contributed by atoms with van der Waals surface area (Å²) in [7, 11) is 0. The minimum absolute atomic E-state index is 0.114. The average Bonchev–Trinajstić information content (AvgIpc) is 3.44. The molecule has 0 spiro atoms. The molecule has 1 fully saturated rings. The van der Waals surface area contributed by atoms with Crippen LogP contribution < -0.4 is 15.4 Å². The van der Waals surface area contributed by atoms with Gasteiger partial charge < -0.3 is 4.57 Å². The minimum Gasteiger partial charge on any atom is -0.336 e. The van der Waals surface area contributed by atoms with Crippen molar-refractivity contribution in [2.45, 2.75) is 6.54 Å². The molecule has 0 bridgehead atoms. The van der Waals surface area contributed by atoms with Gasteiger partial charge in [0.15, 0.2) is 0 Å². The molecular formula is C35H25N3O2. The molecule has 1 aliphatic rings. The molecule has 40 heavy (non-hydrogen) atoms. The molecule has 0 radical (unpaired) electrons. The molecule has 5 heteroatoms. The van der Waals surface area contributed by atoms with Crippen LogP contribution in [0.4, 0.5) is 11.4 Å². The van der Waals surface area contributed by atoms with E-state index in [2.05, 4.69) is 53.1 Å². The van der Waals surface area contributed by atoms with Crippen LogP contribution in [0.3, 0.4) is 0 Å². The molecule has 0 aliphatic carbocycles. The fourth-order valence-electron chi connectivity index (χ4n) is 5.56. The van der Waals surface area contributed by atoms with Crippen LogP contribution in [-0.4, -0.2) is 16.4 Å². The lowest BCUT2D eigenvalue weighted by molar-refractivity contribution is -0.116.